The monoisotopic (exact) mass is 287 g/mol. The smallest absolute Gasteiger partial charge is 0.254 e. The SMILES string of the molecule is O=C(NC1CC(O)C1)c1ccc(Br)cc1F. The van der Waals surface area contributed by atoms with Gasteiger partial charge in [-0.25, -0.2) is 4.39 Å². The maximum Gasteiger partial charge on any atom is 0.254 e. The van der Waals surface area contributed by atoms with E-state index in [2.05, 4.69) is 21.2 Å². The maximum absolute atomic E-state index is 13.4. The second-order valence-corrected chi connectivity index (χ2v) is 4.84. The van der Waals surface area contributed by atoms with Crippen LogP contribution in [0.1, 0.15) is 23.2 Å². The third kappa shape index (κ3) is 2.41. The molecule has 86 valence electrons. The number of aliphatic hydroxyl groups excluding tert-OH is 1. The summed E-state index contributed by atoms with van der Waals surface area (Å²) in [5.41, 5.74) is 0.0320. The summed E-state index contributed by atoms with van der Waals surface area (Å²) >= 11 is 3.12. The Labute approximate surface area is 101 Å². The van der Waals surface area contributed by atoms with Crippen molar-refractivity contribution >= 4 is 21.8 Å². The van der Waals surface area contributed by atoms with Crippen LogP contribution in [0.3, 0.4) is 0 Å². The van der Waals surface area contributed by atoms with Crippen molar-refractivity contribution in [2.75, 3.05) is 0 Å². The van der Waals surface area contributed by atoms with Crippen LogP contribution in [0.2, 0.25) is 0 Å². The first-order chi connectivity index (χ1) is 7.56. The number of amides is 1. The van der Waals surface area contributed by atoms with Gasteiger partial charge in [0, 0.05) is 10.5 Å². The predicted octanol–water partition coefficient (Wildman–Crippen LogP) is 1.84. The highest BCUT2D eigenvalue weighted by Gasteiger charge is 2.29. The van der Waals surface area contributed by atoms with Gasteiger partial charge in [-0.15, -0.1) is 0 Å². The topological polar surface area (TPSA) is 49.3 Å². The Kier molecular flexibility index (Phi) is 3.25. The van der Waals surface area contributed by atoms with Crippen LogP contribution < -0.4 is 5.32 Å². The molecule has 0 bridgehead atoms. The molecule has 0 saturated heterocycles. The lowest BCUT2D eigenvalue weighted by Crippen LogP contribution is -2.46. The van der Waals surface area contributed by atoms with Crippen molar-refractivity contribution in [3.8, 4) is 0 Å². The number of hydrogen-bond donors (Lipinski definition) is 2. The summed E-state index contributed by atoms with van der Waals surface area (Å²) in [7, 11) is 0. The van der Waals surface area contributed by atoms with Crippen LogP contribution in [-0.4, -0.2) is 23.2 Å². The molecule has 1 aromatic carbocycles. The average Bonchev–Trinajstić information content (AvgIpc) is 2.15. The van der Waals surface area contributed by atoms with Crippen molar-refractivity contribution in [3.63, 3.8) is 0 Å². The molecule has 2 rings (SSSR count). The Morgan fingerprint density at radius 2 is 2.19 bits per heavy atom. The molecule has 0 aliphatic heterocycles. The average molecular weight is 288 g/mol. The van der Waals surface area contributed by atoms with Gasteiger partial charge in [0.2, 0.25) is 0 Å². The van der Waals surface area contributed by atoms with E-state index < -0.39 is 11.7 Å². The van der Waals surface area contributed by atoms with Crippen LogP contribution in [0.25, 0.3) is 0 Å². The standard InChI is InChI=1S/C11H11BrFNO2/c12-6-1-2-9(10(13)3-6)11(16)14-7-4-8(15)5-7/h1-3,7-8,15H,4-5H2,(H,14,16). The quantitative estimate of drug-likeness (QED) is 0.872. The van der Waals surface area contributed by atoms with Gasteiger partial charge < -0.3 is 10.4 Å². The zero-order chi connectivity index (χ0) is 11.7. The molecular weight excluding hydrogens is 277 g/mol. The van der Waals surface area contributed by atoms with Gasteiger partial charge in [-0.2, -0.15) is 0 Å². The Hall–Kier alpha value is -0.940. The molecule has 1 amide bonds. The number of benzene rings is 1. The van der Waals surface area contributed by atoms with Crippen LogP contribution in [0, 0.1) is 5.82 Å². The molecule has 16 heavy (non-hydrogen) atoms. The van der Waals surface area contributed by atoms with Crippen molar-refractivity contribution in [1.82, 2.24) is 5.32 Å². The van der Waals surface area contributed by atoms with E-state index in [-0.39, 0.29) is 17.7 Å². The fraction of sp³-hybridized carbons (Fsp3) is 0.364. The number of hydrogen-bond acceptors (Lipinski definition) is 2. The molecule has 0 radical (unpaired) electrons. The van der Waals surface area contributed by atoms with Gasteiger partial charge in [-0.05, 0) is 31.0 Å². The van der Waals surface area contributed by atoms with Gasteiger partial charge in [0.15, 0.2) is 0 Å². The first-order valence-corrected chi connectivity index (χ1v) is 5.79. The second-order valence-electron chi connectivity index (χ2n) is 3.92. The molecule has 1 aromatic rings. The van der Waals surface area contributed by atoms with Crippen LogP contribution in [0.5, 0.6) is 0 Å². The third-order valence-electron chi connectivity index (χ3n) is 2.62. The number of nitrogens with one attached hydrogen (secondary N) is 1. The Balaban J connectivity index is 2.03. The highest BCUT2D eigenvalue weighted by atomic mass is 79.9. The lowest BCUT2D eigenvalue weighted by molar-refractivity contribution is 0.0561. The van der Waals surface area contributed by atoms with E-state index in [1.165, 1.54) is 12.1 Å². The van der Waals surface area contributed by atoms with Gasteiger partial charge in [-0.3, -0.25) is 4.79 Å². The van der Waals surface area contributed by atoms with Gasteiger partial charge in [-0.1, -0.05) is 15.9 Å². The highest BCUT2D eigenvalue weighted by Crippen LogP contribution is 2.21. The first-order valence-electron chi connectivity index (χ1n) is 5.00. The fourth-order valence-corrected chi connectivity index (χ4v) is 1.98. The van der Waals surface area contributed by atoms with Crippen LogP contribution in [-0.2, 0) is 0 Å². The Bertz CT molecular complexity index is 418. The predicted molar refractivity (Wildman–Crippen MR) is 60.6 cm³/mol. The van der Waals surface area contributed by atoms with E-state index in [9.17, 15) is 9.18 Å². The molecule has 3 nitrogen and oxygen atoms in total. The molecule has 1 saturated carbocycles. The molecule has 5 heteroatoms. The second kappa shape index (κ2) is 4.51. The Morgan fingerprint density at radius 1 is 1.50 bits per heavy atom. The zero-order valence-electron chi connectivity index (χ0n) is 8.41. The molecule has 0 atom stereocenters. The molecule has 2 N–H and O–H groups in total. The van der Waals surface area contributed by atoms with Gasteiger partial charge >= 0.3 is 0 Å². The number of carbonyl (C=O) groups is 1. The van der Waals surface area contributed by atoms with Gasteiger partial charge in [0.05, 0.1) is 11.7 Å². The van der Waals surface area contributed by atoms with Crippen molar-refractivity contribution in [3.05, 3.63) is 34.1 Å². The lowest BCUT2D eigenvalue weighted by Gasteiger charge is -2.31. The summed E-state index contributed by atoms with van der Waals surface area (Å²) in [5, 5.41) is 11.7. The molecule has 1 fully saturated rings. The van der Waals surface area contributed by atoms with Crippen molar-refractivity contribution in [2.45, 2.75) is 25.0 Å². The molecule has 0 heterocycles. The van der Waals surface area contributed by atoms with Crippen LogP contribution in [0.15, 0.2) is 22.7 Å². The third-order valence-corrected chi connectivity index (χ3v) is 3.12. The van der Waals surface area contributed by atoms with Gasteiger partial charge in [0.25, 0.3) is 5.91 Å². The highest BCUT2D eigenvalue weighted by molar-refractivity contribution is 9.10. The Morgan fingerprint density at radius 3 is 2.75 bits per heavy atom. The zero-order valence-corrected chi connectivity index (χ0v) is 10.00. The summed E-state index contributed by atoms with van der Waals surface area (Å²) in [5.74, 6) is -0.978. The molecule has 0 spiro atoms. The first kappa shape index (κ1) is 11.5. The summed E-state index contributed by atoms with van der Waals surface area (Å²) in [6, 6.07) is 4.27. The van der Waals surface area contributed by atoms with E-state index >= 15 is 0 Å². The molecule has 0 aromatic heterocycles. The van der Waals surface area contributed by atoms with Crippen LogP contribution in [0.4, 0.5) is 4.39 Å². The van der Waals surface area contributed by atoms with E-state index in [1.807, 2.05) is 0 Å². The maximum atomic E-state index is 13.4. The van der Waals surface area contributed by atoms with Crippen molar-refractivity contribution < 1.29 is 14.3 Å². The van der Waals surface area contributed by atoms with Crippen molar-refractivity contribution in [2.24, 2.45) is 0 Å². The summed E-state index contributed by atoms with van der Waals surface area (Å²) < 4.78 is 14.0. The number of aliphatic hydroxyl groups is 1. The molecular formula is C11H11BrFNO2. The summed E-state index contributed by atoms with van der Waals surface area (Å²) in [4.78, 5) is 11.6. The fourth-order valence-electron chi connectivity index (χ4n) is 1.64. The minimum Gasteiger partial charge on any atom is -0.393 e. The largest absolute Gasteiger partial charge is 0.393 e. The van der Waals surface area contributed by atoms with E-state index in [1.54, 1.807) is 6.07 Å². The van der Waals surface area contributed by atoms with E-state index in [0.717, 1.165) is 0 Å². The minimum atomic E-state index is -0.549. The number of rotatable bonds is 2. The molecule has 0 unspecified atom stereocenters. The lowest BCUT2D eigenvalue weighted by atomic mass is 9.89. The number of halogens is 2. The van der Waals surface area contributed by atoms with E-state index in [0.29, 0.717) is 17.3 Å². The summed E-state index contributed by atoms with van der Waals surface area (Å²) in [6.45, 7) is 0. The van der Waals surface area contributed by atoms with Crippen molar-refractivity contribution in [1.29, 1.82) is 0 Å². The van der Waals surface area contributed by atoms with Crippen LogP contribution >= 0.6 is 15.9 Å². The van der Waals surface area contributed by atoms with E-state index in [4.69, 9.17) is 5.11 Å². The van der Waals surface area contributed by atoms with Gasteiger partial charge in [0.1, 0.15) is 5.82 Å². The normalized spacial score (nSPS) is 23.7. The molecule has 1 aliphatic carbocycles. The minimum absolute atomic E-state index is 0.0320. The molecule has 1 aliphatic rings. The number of carbonyl (C=O) groups excluding carboxylic acids is 1. The summed E-state index contributed by atoms with van der Waals surface area (Å²) in [6.07, 6.45) is 0.758.